The first-order valence-electron chi connectivity index (χ1n) is 3.06. The van der Waals surface area contributed by atoms with Gasteiger partial charge in [-0.3, -0.25) is 0 Å². The second-order valence-corrected chi connectivity index (χ2v) is 3.68. The van der Waals surface area contributed by atoms with E-state index in [0.29, 0.717) is 0 Å². The lowest BCUT2D eigenvalue weighted by Gasteiger charge is -2.03. The second-order valence-electron chi connectivity index (χ2n) is 2.01. The van der Waals surface area contributed by atoms with E-state index in [4.69, 9.17) is 6.42 Å². The van der Waals surface area contributed by atoms with Crippen molar-refractivity contribution in [2.45, 2.75) is 13.0 Å². The molecular formula is C7H7BrN2S. The summed E-state index contributed by atoms with van der Waals surface area (Å²) in [4.78, 5) is 4.13. The summed E-state index contributed by atoms with van der Waals surface area (Å²) < 4.78 is 0.842. The summed E-state index contributed by atoms with van der Waals surface area (Å²) in [5, 5.41) is 5.81. The van der Waals surface area contributed by atoms with Gasteiger partial charge in [-0.15, -0.1) is 17.8 Å². The van der Waals surface area contributed by atoms with Crippen LogP contribution in [-0.4, -0.2) is 11.0 Å². The molecule has 1 unspecified atom stereocenters. The summed E-state index contributed by atoms with van der Waals surface area (Å²) in [5.41, 5.74) is 0. The maximum Gasteiger partial charge on any atom is 0.184 e. The van der Waals surface area contributed by atoms with E-state index in [0.717, 1.165) is 9.73 Å². The molecule has 1 heterocycles. The monoisotopic (exact) mass is 230 g/mol. The molecule has 58 valence electrons. The zero-order valence-corrected chi connectivity index (χ0v) is 8.37. The van der Waals surface area contributed by atoms with Gasteiger partial charge in [0.05, 0.1) is 6.04 Å². The number of nitrogens with one attached hydrogen (secondary N) is 1. The maximum absolute atomic E-state index is 5.18. The van der Waals surface area contributed by atoms with Crippen LogP contribution >= 0.6 is 27.3 Å². The van der Waals surface area contributed by atoms with Crippen molar-refractivity contribution in [3.8, 4) is 12.3 Å². The first-order valence-corrected chi connectivity index (χ1v) is 4.73. The molecule has 11 heavy (non-hydrogen) atoms. The molecule has 0 spiro atoms. The molecule has 0 bridgehead atoms. The van der Waals surface area contributed by atoms with E-state index in [-0.39, 0.29) is 6.04 Å². The van der Waals surface area contributed by atoms with Crippen LogP contribution < -0.4 is 5.32 Å². The Kier molecular flexibility index (Phi) is 2.92. The Labute approximate surface area is 78.2 Å². The topological polar surface area (TPSA) is 24.9 Å². The van der Waals surface area contributed by atoms with Crippen molar-refractivity contribution < 1.29 is 0 Å². The van der Waals surface area contributed by atoms with Gasteiger partial charge in [0.2, 0.25) is 0 Å². The van der Waals surface area contributed by atoms with Gasteiger partial charge in [0, 0.05) is 5.38 Å². The maximum atomic E-state index is 5.18. The van der Waals surface area contributed by atoms with Crippen molar-refractivity contribution in [3.63, 3.8) is 0 Å². The molecule has 4 heteroatoms. The van der Waals surface area contributed by atoms with Crippen LogP contribution in [0.5, 0.6) is 0 Å². The molecule has 0 amide bonds. The summed E-state index contributed by atoms with van der Waals surface area (Å²) in [5.74, 6) is 2.56. The van der Waals surface area contributed by atoms with Crippen LogP contribution in [0.2, 0.25) is 0 Å². The van der Waals surface area contributed by atoms with Gasteiger partial charge in [-0.25, -0.2) is 4.98 Å². The fourth-order valence-electron chi connectivity index (χ4n) is 0.547. The third-order valence-electron chi connectivity index (χ3n) is 1.07. The third-order valence-corrected chi connectivity index (χ3v) is 2.55. The molecule has 0 aliphatic rings. The number of halogens is 1. The van der Waals surface area contributed by atoms with E-state index in [1.807, 2.05) is 12.3 Å². The van der Waals surface area contributed by atoms with Crippen LogP contribution in [0.3, 0.4) is 0 Å². The minimum Gasteiger partial charge on any atom is -0.348 e. The highest BCUT2D eigenvalue weighted by Gasteiger charge is 2.00. The van der Waals surface area contributed by atoms with E-state index in [1.54, 1.807) is 0 Å². The average molecular weight is 231 g/mol. The Hall–Kier alpha value is -0.530. The molecule has 2 nitrogen and oxygen atoms in total. The van der Waals surface area contributed by atoms with Crippen molar-refractivity contribution in [3.05, 3.63) is 9.98 Å². The largest absolute Gasteiger partial charge is 0.348 e. The molecule has 0 aliphatic carbocycles. The minimum atomic E-state index is 0.0352. The van der Waals surface area contributed by atoms with Crippen LogP contribution in [0, 0.1) is 12.3 Å². The molecule has 0 aromatic carbocycles. The molecule has 0 fully saturated rings. The van der Waals surface area contributed by atoms with Gasteiger partial charge < -0.3 is 5.32 Å². The molecule has 1 aromatic heterocycles. The lowest BCUT2D eigenvalue weighted by molar-refractivity contribution is 1.03. The van der Waals surface area contributed by atoms with Gasteiger partial charge in [0.25, 0.3) is 0 Å². The Morgan fingerprint density at radius 1 is 1.91 bits per heavy atom. The third kappa shape index (κ3) is 2.52. The minimum absolute atomic E-state index is 0.0352. The molecule has 1 aromatic rings. The number of terminal acetylenes is 1. The predicted molar refractivity (Wildman–Crippen MR) is 51.7 cm³/mol. The van der Waals surface area contributed by atoms with Crippen LogP contribution in [0.4, 0.5) is 5.13 Å². The first kappa shape index (κ1) is 8.57. The summed E-state index contributed by atoms with van der Waals surface area (Å²) in [6.45, 7) is 1.91. The smallest absolute Gasteiger partial charge is 0.184 e. The molecule has 0 saturated carbocycles. The molecule has 1 atom stereocenters. The van der Waals surface area contributed by atoms with E-state index < -0.39 is 0 Å². The molecule has 1 rings (SSSR count). The number of aromatic nitrogens is 1. The molecule has 0 saturated heterocycles. The molecule has 1 N–H and O–H groups in total. The summed E-state index contributed by atoms with van der Waals surface area (Å²) in [6, 6.07) is 0.0352. The van der Waals surface area contributed by atoms with Gasteiger partial charge in [-0.05, 0) is 22.9 Å². The van der Waals surface area contributed by atoms with Gasteiger partial charge in [0.1, 0.15) is 4.60 Å². The number of hydrogen-bond acceptors (Lipinski definition) is 3. The van der Waals surface area contributed by atoms with Crippen molar-refractivity contribution in [1.82, 2.24) is 4.98 Å². The fraction of sp³-hybridized carbons (Fsp3) is 0.286. The number of rotatable bonds is 2. The first-order chi connectivity index (χ1) is 5.22. The van der Waals surface area contributed by atoms with Crippen molar-refractivity contribution in [2.75, 3.05) is 5.32 Å². The summed E-state index contributed by atoms with van der Waals surface area (Å²) in [6.07, 6.45) is 5.18. The highest BCUT2D eigenvalue weighted by molar-refractivity contribution is 9.10. The fourth-order valence-corrected chi connectivity index (χ4v) is 1.78. The summed E-state index contributed by atoms with van der Waals surface area (Å²) in [7, 11) is 0. The van der Waals surface area contributed by atoms with Gasteiger partial charge >= 0.3 is 0 Å². The normalized spacial score (nSPS) is 12.1. The Morgan fingerprint density at radius 3 is 3.09 bits per heavy atom. The Morgan fingerprint density at radius 2 is 2.64 bits per heavy atom. The zero-order chi connectivity index (χ0) is 8.27. The highest BCUT2D eigenvalue weighted by Crippen LogP contribution is 2.19. The Balaban J connectivity index is 2.59. The lowest BCUT2D eigenvalue weighted by Crippen LogP contribution is -2.11. The quantitative estimate of drug-likeness (QED) is 0.790. The van der Waals surface area contributed by atoms with Crippen LogP contribution in [0.25, 0.3) is 0 Å². The summed E-state index contributed by atoms with van der Waals surface area (Å²) >= 11 is 4.78. The van der Waals surface area contributed by atoms with Gasteiger partial charge in [-0.1, -0.05) is 5.92 Å². The Bertz CT molecular complexity index is 276. The second kappa shape index (κ2) is 3.74. The molecule has 0 radical (unpaired) electrons. The average Bonchev–Trinajstić information content (AvgIpc) is 2.35. The number of thiazole rings is 1. The number of hydrogen-bond donors (Lipinski definition) is 1. The van der Waals surface area contributed by atoms with E-state index >= 15 is 0 Å². The standard InChI is InChI=1S/C7H7BrN2S/c1-3-5(2)9-7-10-6(8)4-11-7/h1,4-5H,2H3,(H,9,10). The SMILES string of the molecule is C#CC(C)Nc1nc(Br)cs1. The van der Waals surface area contributed by atoms with Crippen LogP contribution in [0.15, 0.2) is 9.98 Å². The van der Waals surface area contributed by atoms with E-state index in [9.17, 15) is 0 Å². The van der Waals surface area contributed by atoms with E-state index in [2.05, 4.69) is 32.2 Å². The van der Waals surface area contributed by atoms with Crippen molar-refractivity contribution >= 4 is 32.4 Å². The number of anilines is 1. The zero-order valence-electron chi connectivity index (χ0n) is 5.97. The van der Waals surface area contributed by atoms with Crippen molar-refractivity contribution in [1.29, 1.82) is 0 Å². The van der Waals surface area contributed by atoms with Crippen LogP contribution in [-0.2, 0) is 0 Å². The van der Waals surface area contributed by atoms with Gasteiger partial charge in [0.15, 0.2) is 5.13 Å². The molecular weight excluding hydrogens is 224 g/mol. The molecule has 0 aliphatic heterocycles. The highest BCUT2D eigenvalue weighted by atomic mass is 79.9. The number of nitrogens with zero attached hydrogens (tertiary/aromatic N) is 1. The lowest BCUT2D eigenvalue weighted by atomic mass is 10.4. The van der Waals surface area contributed by atoms with E-state index in [1.165, 1.54) is 11.3 Å². The van der Waals surface area contributed by atoms with Gasteiger partial charge in [-0.2, -0.15) is 0 Å². The predicted octanol–water partition coefficient (Wildman–Crippen LogP) is 2.34. The van der Waals surface area contributed by atoms with Crippen molar-refractivity contribution in [2.24, 2.45) is 0 Å². The van der Waals surface area contributed by atoms with Crippen LogP contribution in [0.1, 0.15) is 6.92 Å².